The molecule has 0 radical (unpaired) electrons. The van der Waals surface area contributed by atoms with Crippen molar-refractivity contribution >= 4 is 6.09 Å². The van der Waals surface area contributed by atoms with E-state index < -0.39 is 17.8 Å². The quantitative estimate of drug-likeness (QED) is 0.844. The second kappa shape index (κ2) is 4.97. The fourth-order valence-corrected chi connectivity index (χ4v) is 1.12. The SMILES string of the molecule is CC(C)(C)OC(=O)n1cnc(C(O)CC#N)c1. The highest BCUT2D eigenvalue weighted by molar-refractivity contribution is 5.70. The average Bonchev–Trinajstić information content (AvgIpc) is 2.63. The number of nitrogens with zero attached hydrogens (tertiary/aromatic N) is 3. The van der Waals surface area contributed by atoms with E-state index in [0.29, 0.717) is 0 Å². The second-order valence-corrected chi connectivity index (χ2v) is 4.56. The molecule has 0 spiro atoms. The van der Waals surface area contributed by atoms with E-state index in [4.69, 9.17) is 10.00 Å². The zero-order valence-corrected chi connectivity index (χ0v) is 10.0. The zero-order chi connectivity index (χ0) is 13.1. The van der Waals surface area contributed by atoms with Crippen LogP contribution in [-0.4, -0.2) is 26.4 Å². The molecule has 1 N–H and O–H groups in total. The van der Waals surface area contributed by atoms with Gasteiger partial charge in [0, 0.05) is 6.20 Å². The monoisotopic (exact) mass is 237 g/mol. The van der Waals surface area contributed by atoms with Crippen molar-refractivity contribution in [1.29, 1.82) is 5.26 Å². The van der Waals surface area contributed by atoms with E-state index in [9.17, 15) is 9.90 Å². The van der Waals surface area contributed by atoms with E-state index in [0.717, 1.165) is 4.57 Å². The summed E-state index contributed by atoms with van der Waals surface area (Å²) >= 11 is 0. The maximum absolute atomic E-state index is 11.6. The first-order valence-electron chi connectivity index (χ1n) is 5.16. The number of aliphatic hydroxyl groups excluding tert-OH is 1. The molecule has 1 aromatic rings. The molecule has 0 saturated heterocycles. The molecule has 0 aliphatic heterocycles. The first-order valence-corrected chi connectivity index (χ1v) is 5.16. The third-order valence-corrected chi connectivity index (χ3v) is 1.83. The van der Waals surface area contributed by atoms with Crippen molar-refractivity contribution in [2.75, 3.05) is 0 Å². The molecule has 0 saturated carbocycles. The smallest absolute Gasteiger partial charge is 0.419 e. The molecule has 92 valence electrons. The van der Waals surface area contributed by atoms with E-state index in [1.54, 1.807) is 20.8 Å². The van der Waals surface area contributed by atoms with Crippen LogP contribution in [0.15, 0.2) is 12.5 Å². The van der Waals surface area contributed by atoms with Crippen molar-refractivity contribution < 1.29 is 14.6 Å². The van der Waals surface area contributed by atoms with E-state index in [1.165, 1.54) is 12.5 Å². The number of hydrogen-bond donors (Lipinski definition) is 1. The van der Waals surface area contributed by atoms with Crippen molar-refractivity contribution in [3.8, 4) is 6.07 Å². The summed E-state index contributed by atoms with van der Waals surface area (Å²) in [5.41, 5.74) is -0.315. The van der Waals surface area contributed by atoms with Gasteiger partial charge in [-0.3, -0.25) is 0 Å². The minimum absolute atomic E-state index is 0.0642. The number of rotatable bonds is 2. The predicted octanol–water partition coefficient (Wildman–Crippen LogP) is 1.61. The number of carbonyl (C=O) groups is 1. The third kappa shape index (κ3) is 3.89. The molecule has 0 bridgehead atoms. The minimum Gasteiger partial charge on any atom is -0.443 e. The molecule has 0 amide bonds. The van der Waals surface area contributed by atoms with Crippen molar-refractivity contribution in [3.63, 3.8) is 0 Å². The van der Waals surface area contributed by atoms with Crippen LogP contribution in [0.25, 0.3) is 0 Å². The average molecular weight is 237 g/mol. The Bertz CT molecular complexity index is 440. The minimum atomic E-state index is -0.983. The zero-order valence-electron chi connectivity index (χ0n) is 10.0. The Hall–Kier alpha value is -1.87. The molecule has 0 aromatic carbocycles. The van der Waals surface area contributed by atoms with Crippen LogP contribution in [-0.2, 0) is 4.74 Å². The van der Waals surface area contributed by atoms with Gasteiger partial charge in [0.05, 0.1) is 18.2 Å². The molecule has 6 nitrogen and oxygen atoms in total. The topological polar surface area (TPSA) is 88.1 Å². The molecule has 1 rings (SSSR count). The van der Waals surface area contributed by atoms with Gasteiger partial charge in [-0.15, -0.1) is 0 Å². The number of ether oxygens (including phenoxy) is 1. The van der Waals surface area contributed by atoms with Gasteiger partial charge in [0.25, 0.3) is 0 Å². The van der Waals surface area contributed by atoms with Crippen LogP contribution < -0.4 is 0 Å². The summed E-state index contributed by atoms with van der Waals surface area (Å²) in [6.07, 6.45) is 0.995. The van der Waals surface area contributed by atoms with Gasteiger partial charge >= 0.3 is 6.09 Å². The summed E-state index contributed by atoms with van der Waals surface area (Å²) in [5.74, 6) is 0. The Morgan fingerprint density at radius 2 is 2.35 bits per heavy atom. The second-order valence-electron chi connectivity index (χ2n) is 4.56. The lowest BCUT2D eigenvalue weighted by atomic mass is 10.2. The van der Waals surface area contributed by atoms with Crippen molar-refractivity contribution in [1.82, 2.24) is 9.55 Å². The van der Waals surface area contributed by atoms with E-state index in [1.807, 2.05) is 6.07 Å². The maximum atomic E-state index is 11.6. The number of hydrogen-bond acceptors (Lipinski definition) is 5. The fraction of sp³-hybridized carbons (Fsp3) is 0.545. The maximum Gasteiger partial charge on any atom is 0.419 e. The van der Waals surface area contributed by atoms with E-state index >= 15 is 0 Å². The van der Waals surface area contributed by atoms with E-state index in [2.05, 4.69) is 4.98 Å². The summed E-state index contributed by atoms with van der Waals surface area (Å²) < 4.78 is 6.25. The summed E-state index contributed by atoms with van der Waals surface area (Å²) in [6, 6.07) is 1.83. The Balaban J connectivity index is 2.75. The number of carbonyl (C=O) groups excluding carboxylic acids is 1. The Labute approximate surface area is 99.5 Å². The highest BCUT2D eigenvalue weighted by Crippen LogP contribution is 2.14. The molecule has 6 heteroatoms. The van der Waals surface area contributed by atoms with Gasteiger partial charge < -0.3 is 9.84 Å². The molecule has 1 heterocycles. The molecule has 1 aromatic heterocycles. The summed E-state index contributed by atoms with van der Waals surface area (Å²) in [7, 11) is 0. The number of aromatic nitrogens is 2. The molecule has 1 atom stereocenters. The van der Waals surface area contributed by atoms with Crippen LogP contribution in [0.3, 0.4) is 0 Å². The van der Waals surface area contributed by atoms with Crippen LogP contribution in [0, 0.1) is 11.3 Å². The van der Waals surface area contributed by atoms with Crippen LogP contribution in [0.1, 0.15) is 39.0 Å². The summed E-state index contributed by atoms with van der Waals surface area (Å²) in [6.45, 7) is 5.27. The lowest BCUT2D eigenvalue weighted by Gasteiger charge is -2.19. The van der Waals surface area contributed by atoms with Crippen molar-refractivity contribution in [3.05, 3.63) is 18.2 Å². The number of nitriles is 1. The van der Waals surface area contributed by atoms with Crippen LogP contribution in [0.4, 0.5) is 4.79 Å². The highest BCUT2D eigenvalue weighted by atomic mass is 16.6. The number of aliphatic hydroxyl groups is 1. The first kappa shape index (κ1) is 13.2. The predicted molar refractivity (Wildman–Crippen MR) is 59.0 cm³/mol. The molecule has 1 unspecified atom stereocenters. The van der Waals surface area contributed by atoms with Gasteiger partial charge in [0.15, 0.2) is 0 Å². The molecule has 0 aliphatic rings. The van der Waals surface area contributed by atoms with Gasteiger partial charge in [-0.1, -0.05) is 0 Å². The normalized spacial score (nSPS) is 12.9. The fourth-order valence-electron chi connectivity index (χ4n) is 1.12. The lowest BCUT2D eigenvalue weighted by Crippen LogP contribution is -2.26. The van der Waals surface area contributed by atoms with Crippen LogP contribution in [0.5, 0.6) is 0 Å². The van der Waals surface area contributed by atoms with Crippen molar-refractivity contribution in [2.45, 2.75) is 38.9 Å². The summed E-state index contributed by atoms with van der Waals surface area (Å²) in [5, 5.41) is 17.9. The number of imidazole rings is 1. The third-order valence-electron chi connectivity index (χ3n) is 1.83. The highest BCUT2D eigenvalue weighted by Gasteiger charge is 2.19. The molecule has 17 heavy (non-hydrogen) atoms. The van der Waals surface area contributed by atoms with Crippen LogP contribution in [0.2, 0.25) is 0 Å². The largest absolute Gasteiger partial charge is 0.443 e. The Kier molecular flexibility index (Phi) is 3.86. The standard InChI is InChI=1S/C11H15N3O3/c1-11(2,3)17-10(16)14-6-8(13-7-14)9(15)4-5-12/h6-7,9,15H,4H2,1-3H3. The Morgan fingerprint density at radius 1 is 1.71 bits per heavy atom. The molecular weight excluding hydrogens is 222 g/mol. The van der Waals surface area contributed by atoms with Crippen LogP contribution >= 0.6 is 0 Å². The molecular formula is C11H15N3O3. The summed E-state index contributed by atoms with van der Waals surface area (Å²) in [4.78, 5) is 15.5. The van der Waals surface area contributed by atoms with Gasteiger partial charge in [-0.2, -0.15) is 5.26 Å². The van der Waals surface area contributed by atoms with Gasteiger partial charge in [-0.25, -0.2) is 14.3 Å². The van der Waals surface area contributed by atoms with Gasteiger partial charge in [0.1, 0.15) is 18.0 Å². The van der Waals surface area contributed by atoms with Gasteiger partial charge in [0.2, 0.25) is 0 Å². The van der Waals surface area contributed by atoms with Crippen molar-refractivity contribution in [2.24, 2.45) is 0 Å². The van der Waals surface area contributed by atoms with E-state index in [-0.39, 0.29) is 12.1 Å². The lowest BCUT2D eigenvalue weighted by molar-refractivity contribution is 0.0536. The van der Waals surface area contributed by atoms with Gasteiger partial charge in [-0.05, 0) is 20.8 Å². The first-order chi connectivity index (χ1) is 7.83. The molecule has 0 fully saturated rings. The Morgan fingerprint density at radius 3 is 2.88 bits per heavy atom. The molecule has 0 aliphatic carbocycles.